The van der Waals surface area contributed by atoms with Crippen LogP contribution in [0, 0.1) is 5.41 Å². The van der Waals surface area contributed by atoms with Gasteiger partial charge in [-0.1, -0.05) is 20.8 Å². The zero-order valence-electron chi connectivity index (χ0n) is 14.8. The van der Waals surface area contributed by atoms with E-state index >= 15 is 0 Å². The van der Waals surface area contributed by atoms with Crippen LogP contribution in [0.2, 0.25) is 0 Å². The lowest BCUT2D eigenvalue weighted by molar-refractivity contribution is -0.137. The second kappa shape index (κ2) is 9.05. The van der Waals surface area contributed by atoms with Crippen molar-refractivity contribution in [1.29, 1.82) is 0 Å². The van der Waals surface area contributed by atoms with E-state index in [4.69, 9.17) is 9.84 Å². The van der Waals surface area contributed by atoms with Crippen LogP contribution < -0.4 is 10.2 Å². The standard InChI is InChI=1S/C18H26N2O4/c1-13(19-20-16(21)12-18(2,3)4)14-7-9-15(10-8-14)24-11-5-6-17(22)23/h7-10H,5-6,11-12H2,1-4H3,(H,20,21)(H,22,23)/b19-13+. The summed E-state index contributed by atoms with van der Waals surface area (Å²) in [7, 11) is 0. The molecule has 0 aliphatic heterocycles. The fourth-order valence-electron chi connectivity index (χ4n) is 1.94. The van der Waals surface area contributed by atoms with Gasteiger partial charge < -0.3 is 9.84 Å². The van der Waals surface area contributed by atoms with Crippen molar-refractivity contribution in [3.63, 3.8) is 0 Å². The van der Waals surface area contributed by atoms with E-state index in [1.807, 2.05) is 39.8 Å². The van der Waals surface area contributed by atoms with Gasteiger partial charge in [-0.05, 0) is 48.6 Å². The molecule has 0 bridgehead atoms. The van der Waals surface area contributed by atoms with E-state index in [9.17, 15) is 9.59 Å². The Kier molecular flexibility index (Phi) is 7.42. The summed E-state index contributed by atoms with van der Waals surface area (Å²) in [6, 6.07) is 7.29. The molecule has 0 radical (unpaired) electrons. The minimum Gasteiger partial charge on any atom is -0.494 e. The van der Waals surface area contributed by atoms with E-state index in [0.29, 0.717) is 30.9 Å². The van der Waals surface area contributed by atoms with Gasteiger partial charge in [-0.2, -0.15) is 5.10 Å². The molecular formula is C18H26N2O4. The van der Waals surface area contributed by atoms with Gasteiger partial charge >= 0.3 is 5.97 Å². The molecule has 0 aliphatic rings. The molecule has 1 aromatic carbocycles. The third kappa shape index (κ3) is 8.31. The van der Waals surface area contributed by atoms with Crippen molar-refractivity contribution in [3.05, 3.63) is 29.8 Å². The molecule has 0 unspecified atom stereocenters. The molecule has 24 heavy (non-hydrogen) atoms. The van der Waals surface area contributed by atoms with Crippen LogP contribution in [0.25, 0.3) is 0 Å². The first-order valence-corrected chi connectivity index (χ1v) is 7.95. The summed E-state index contributed by atoms with van der Waals surface area (Å²) in [6.45, 7) is 8.18. The highest BCUT2D eigenvalue weighted by Crippen LogP contribution is 2.18. The second-order valence-electron chi connectivity index (χ2n) is 6.84. The van der Waals surface area contributed by atoms with Crippen molar-refractivity contribution >= 4 is 17.6 Å². The summed E-state index contributed by atoms with van der Waals surface area (Å²) in [4.78, 5) is 22.2. The Morgan fingerprint density at radius 1 is 1.21 bits per heavy atom. The van der Waals surface area contributed by atoms with Crippen molar-refractivity contribution in [2.24, 2.45) is 10.5 Å². The number of carboxylic acid groups (broad SMARTS) is 1. The lowest BCUT2D eigenvalue weighted by Gasteiger charge is -2.16. The largest absolute Gasteiger partial charge is 0.494 e. The predicted octanol–water partition coefficient (Wildman–Crippen LogP) is 3.21. The van der Waals surface area contributed by atoms with Crippen molar-refractivity contribution in [1.82, 2.24) is 5.43 Å². The molecule has 0 aliphatic carbocycles. The van der Waals surface area contributed by atoms with Gasteiger partial charge in [0.25, 0.3) is 0 Å². The predicted molar refractivity (Wildman–Crippen MR) is 93.2 cm³/mol. The molecule has 0 saturated heterocycles. The number of rotatable bonds is 8. The van der Waals surface area contributed by atoms with E-state index < -0.39 is 5.97 Å². The van der Waals surface area contributed by atoms with E-state index in [2.05, 4.69) is 10.5 Å². The van der Waals surface area contributed by atoms with Gasteiger partial charge in [0.05, 0.1) is 12.3 Å². The number of hydrogen-bond acceptors (Lipinski definition) is 4. The molecule has 1 rings (SSSR count). The number of nitrogens with one attached hydrogen (secondary N) is 1. The zero-order valence-corrected chi connectivity index (χ0v) is 14.8. The molecular weight excluding hydrogens is 308 g/mol. The number of benzene rings is 1. The van der Waals surface area contributed by atoms with Crippen molar-refractivity contribution in [3.8, 4) is 5.75 Å². The smallest absolute Gasteiger partial charge is 0.303 e. The van der Waals surface area contributed by atoms with Gasteiger partial charge in [0.2, 0.25) is 5.91 Å². The van der Waals surface area contributed by atoms with Crippen molar-refractivity contribution < 1.29 is 19.4 Å². The van der Waals surface area contributed by atoms with E-state index in [1.54, 1.807) is 12.1 Å². The molecule has 0 fully saturated rings. The van der Waals surface area contributed by atoms with E-state index in [1.165, 1.54) is 0 Å². The molecule has 0 aromatic heterocycles. The normalized spacial score (nSPS) is 11.9. The molecule has 0 saturated carbocycles. The van der Waals surface area contributed by atoms with Crippen LogP contribution in [-0.2, 0) is 9.59 Å². The summed E-state index contributed by atoms with van der Waals surface area (Å²) >= 11 is 0. The second-order valence-corrected chi connectivity index (χ2v) is 6.84. The third-order valence-electron chi connectivity index (χ3n) is 3.11. The Morgan fingerprint density at radius 3 is 2.38 bits per heavy atom. The van der Waals surface area contributed by atoms with Gasteiger partial charge in [0, 0.05) is 12.8 Å². The minimum absolute atomic E-state index is 0.0763. The Bertz CT molecular complexity index is 586. The van der Waals surface area contributed by atoms with Gasteiger partial charge in [0.15, 0.2) is 0 Å². The third-order valence-corrected chi connectivity index (χ3v) is 3.11. The Balaban J connectivity index is 2.50. The highest BCUT2D eigenvalue weighted by Gasteiger charge is 2.15. The zero-order chi connectivity index (χ0) is 18.2. The summed E-state index contributed by atoms with van der Waals surface area (Å²) in [5.74, 6) is -0.261. The number of ether oxygens (including phenoxy) is 1. The molecule has 6 nitrogen and oxygen atoms in total. The highest BCUT2D eigenvalue weighted by molar-refractivity contribution is 5.99. The van der Waals surface area contributed by atoms with Gasteiger partial charge in [-0.15, -0.1) is 0 Å². The number of amides is 1. The first-order valence-electron chi connectivity index (χ1n) is 7.95. The number of aliphatic carboxylic acids is 1. The van der Waals surface area contributed by atoms with Crippen LogP contribution in [0.3, 0.4) is 0 Å². The molecule has 6 heteroatoms. The summed E-state index contributed by atoms with van der Waals surface area (Å²) in [5.41, 5.74) is 4.07. The van der Waals surface area contributed by atoms with Crippen LogP contribution in [0.4, 0.5) is 0 Å². The maximum Gasteiger partial charge on any atom is 0.303 e. The first kappa shape index (κ1) is 19.7. The van der Waals surface area contributed by atoms with Crippen molar-refractivity contribution in [2.45, 2.75) is 47.0 Å². The van der Waals surface area contributed by atoms with Gasteiger partial charge in [0.1, 0.15) is 5.75 Å². The van der Waals surface area contributed by atoms with Crippen LogP contribution in [0.1, 0.15) is 52.5 Å². The number of carbonyl (C=O) groups is 2. The SMILES string of the molecule is C/C(=N\NC(=O)CC(C)(C)C)c1ccc(OCCCC(=O)O)cc1. The molecule has 0 atom stereocenters. The summed E-state index contributed by atoms with van der Waals surface area (Å²) in [6.07, 6.45) is 0.975. The molecule has 0 heterocycles. The van der Waals surface area contributed by atoms with Crippen molar-refractivity contribution in [2.75, 3.05) is 6.61 Å². The lowest BCUT2D eigenvalue weighted by Crippen LogP contribution is -2.24. The average Bonchev–Trinajstić information content (AvgIpc) is 2.48. The van der Waals surface area contributed by atoms with E-state index in [-0.39, 0.29) is 17.7 Å². The Hall–Kier alpha value is -2.37. The minimum atomic E-state index is -0.825. The van der Waals surface area contributed by atoms with Crippen LogP contribution in [0.5, 0.6) is 5.75 Å². The van der Waals surface area contributed by atoms with Crippen LogP contribution >= 0.6 is 0 Å². The fraction of sp³-hybridized carbons (Fsp3) is 0.500. The quantitative estimate of drug-likeness (QED) is 0.434. The summed E-state index contributed by atoms with van der Waals surface area (Å²) < 4.78 is 5.47. The Morgan fingerprint density at radius 2 is 1.83 bits per heavy atom. The molecule has 0 spiro atoms. The topological polar surface area (TPSA) is 88.0 Å². The van der Waals surface area contributed by atoms with E-state index in [0.717, 1.165) is 5.56 Å². The number of nitrogens with zero attached hydrogens (tertiary/aromatic N) is 1. The molecule has 132 valence electrons. The highest BCUT2D eigenvalue weighted by atomic mass is 16.5. The van der Waals surface area contributed by atoms with Gasteiger partial charge in [-0.3, -0.25) is 9.59 Å². The molecule has 1 aromatic rings. The molecule has 2 N–H and O–H groups in total. The summed E-state index contributed by atoms with van der Waals surface area (Å²) in [5, 5.41) is 12.7. The number of hydrogen-bond donors (Lipinski definition) is 2. The number of hydrazone groups is 1. The first-order chi connectivity index (χ1) is 11.2. The maximum atomic E-state index is 11.8. The average molecular weight is 334 g/mol. The number of carbonyl (C=O) groups excluding carboxylic acids is 1. The number of carboxylic acids is 1. The van der Waals surface area contributed by atoms with Crippen LogP contribution in [0.15, 0.2) is 29.4 Å². The maximum absolute atomic E-state index is 11.8. The monoisotopic (exact) mass is 334 g/mol. The lowest BCUT2D eigenvalue weighted by atomic mass is 9.92. The fourth-order valence-corrected chi connectivity index (χ4v) is 1.94. The Labute approximate surface area is 142 Å². The van der Waals surface area contributed by atoms with Crippen LogP contribution in [-0.4, -0.2) is 29.3 Å². The molecule has 1 amide bonds. The van der Waals surface area contributed by atoms with Gasteiger partial charge in [-0.25, -0.2) is 5.43 Å².